The molecule has 0 radical (unpaired) electrons. The van der Waals surface area contributed by atoms with Gasteiger partial charge in [-0.1, -0.05) is 34.4 Å². The number of benzene rings is 2. The first-order chi connectivity index (χ1) is 16.2. The average molecular weight is 542 g/mol. The van der Waals surface area contributed by atoms with E-state index in [1.54, 1.807) is 6.92 Å². The van der Waals surface area contributed by atoms with Crippen LogP contribution in [0.3, 0.4) is 0 Å². The number of oxime groups is 1. The van der Waals surface area contributed by atoms with Gasteiger partial charge in [-0.15, -0.1) is 0 Å². The normalized spacial score (nSPS) is 18.3. The quantitative estimate of drug-likeness (QED) is 0.345. The minimum Gasteiger partial charge on any atom is -0.374 e. The van der Waals surface area contributed by atoms with Crippen molar-refractivity contribution in [3.63, 3.8) is 0 Å². The Morgan fingerprint density at radius 2 is 1.71 bits per heavy atom. The summed E-state index contributed by atoms with van der Waals surface area (Å²) in [5.74, 6) is -0.536. The van der Waals surface area contributed by atoms with Crippen molar-refractivity contribution in [1.82, 2.24) is 10.6 Å². The molecule has 2 aromatic carbocycles. The number of carbonyl (C=O) groups excluding carboxylic acids is 1. The third-order valence-corrected chi connectivity index (χ3v) is 5.67. The van der Waals surface area contributed by atoms with Gasteiger partial charge >= 0.3 is 12.4 Å². The summed E-state index contributed by atoms with van der Waals surface area (Å²) in [5, 5.41) is 8.33. The number of amides is 1. The van der Waals surface area contributed by atoms with E-state index in [0.29, 0.717) is 11.1 Å². The maximum atomic E-state index is 14.1. The lowest BCUT2D eigenvalue weighted by atomic mass is 9.86. The first kappa shape index (κ1) is 27.1. The van der Waals surface area contributed by atoms with Crippen LogP contribution in [0.4, 0.5) is 26.3 Å². The van der Waals surface area contributed by atoms with Crippen molar-refractivity contribution in [3.05, 3.63) is 68.7 Å². The van der Waals surface area contributed by atoms with Gasteiger partial charge < -0.3 is 15.5 Å². The maximum absolute atomic E-state index is 14.1. The average Bonchev–Trinajstić information content (AvgIpc) is 3.19. The highest BCUT2D eigenvalue weighted by Crippen LogP contribution is 2.49. The predicted molar refractivity (Wildman–Crippen MR) is 119 cm³/mol. The van der Waals surface area contributed by atoms with E-state index in [1.165, 1.54) is 24.3 Å². The largest absolute Gasteiger partial charge is 0.435 e. The van der Waals surface area contributed by atoms with E-state index < -0.39 is 36.8 Å². The highest BCUT2D eigenvalue weighted by molar-refractivity contribution is 6.34. The summed E-state index contributed by atoms with van der Waals surface area (Å²) in [6.07, 6.45) is -9.85. The number of hydrogen-bond donors (Lipinski definition) is 2. The van der Waals surface area contributed by atoms with E-state index in [4.69, 9.17) is 28.0 Å². The minimum atomic E-state index is -4.85. The topological polar surface area (TPSA) is 62.7 Å². The Bertz CT molecular complexity index is 1120. The second-order valence-corrected chi connectivity index (χ2v) is 8.74. The number of rotatable bonds is 7. The molecule has 1 amide bonds. The molecule has 1 aliphatic heterocycles. The molecule has 0 spiro atoms. The van der Waals surface area contributed by atoms with Crippen molar-refractivity contribution < 1.29 is 36.0 Å². The Morgan fingerprint density at radius 3 is 2.29 bits per heavy atom. The van der Waals surface area contributed by atoms with Gasteiger partial charge in [-0.05, 0) is 48.4 Å². The number of hydrogen-bond acceptors (Lipinski definition) is 4. The fourth-order valence-corrected chi connectivity index (χ4v) is 4.06. The molecule has 0 aromatic heterocycles. The smallest absolute Gasteiger partial charge is 0.374 e. The molecule has 0 aliphatic carbocycles. The fourth-order valence-electron chi connectivity index (χ4n) is 3.53. The van der Waals surface area contributed by atoms with Crippen LogP contribution in [0.5, 0.6) is 0 Å². The van der Waals surface area contributed by atoms with Crippen LogP contribution in [0.25, 0.3) is 0 Å². The summed E-state index contributed by atoms with van der Waals surface area (Å²) in [6, 6.07) is 7.82. The zero-order valence-corrected chi connectivity index (χ0v) is 19.6. The summed E-state index contributed by atoms with van der Waals surface area (Å²) in [5.41, 5.74) is -2.12. The SMILES string of the molecule is Cc1cc(C2=NOC(c3cc(Cl)cc(Cl)c3)(C(F)(F)F)C2)ccc1C(=O)NCCNCC(F)(F)F. The van der Waals surface area contributed by atoms with Crippen molar-refractivity contribution in [1.29, 1.82) is 0 Å². The molecule has 35 heavy (non-hydrogen) atoms. The molecular weight excluding hydrogens is 523 g/mol. The van der Waals surface area contributed by atoms with E-state index in [0.717, 1.165) is 12.1 Å². The molecule has 1 atom stereocenters. The summed E-state index contributed by atoms with van der Waals surface area (Å²) in [7, 11) is 0. The summed E-state index contributed by atoms with van der Waals surface area (Å²) >= 11 is 11.8. The Hall–Kier alpha value is -2.50. The van der Waals surface area contributed by atoms with Crippen LogP contribution in [0.2, 0.25) is 10.0 Å². The first-order valence-corrected chi connectivity index (χ1v) is 10.9. The first-order valence-electron chi connectivity index (χ1n) is 10.2. The molecule has 0 fully saturated rings. The van der Waals surface area contributed by atoms with Gasteiger partial charge in [-0.2, -0.15) is 26.3 Å². The van der Waals surface area contributed by atoms with Crippen molar-refractivity contribution in [2.24, 2.45) is 5.16 Å². The van der Waals surface area contributed by atoms with Crippen LogP contribution in [0.15, 0.2) is 41.6 Å². The molecule has 190 valence electrons. The van der Waals surface area contributed by atoms with Gasteiger partial charge in [0.2, 0.25) is 0 Å². The number of carbonyl (C=O) groups is 1. The second-order valence-electron chi connectivity index (χ2n) is 7.87. The molecule has 1 aliphatic rings. The Kier molecular flexibility index (Phi) is 7.93. The summed E-state index contributed by atoms with van der Waals surface area (Å²) in [6.45, 7) is 0.253. The van der Waals surface area contributed by atoms with Gasteiger partial charge in [0.15, 0.2) is 0 Å². The molecule has 0 saturated carbocycles. The number of nitrogens with one attached hydrogen (secondary N) is 2. The molecule has 0 bridgehead atoms. The molecule has 2 N–H and O–H groups in total. The van der Waals surface area contributed by atoms with Crippen molar-refractivity contribution in [3.8, 4) is 0 Å². The second kappa shape index (κ2) is 10.2. The Balaban J connectivity index is 1.73. The van der Waals surface area contributed by atoms with Crippen LogP contribution in [-0.2, 0) is 10.4 Å². The molecule has 5 nitrogen and oxygen atoms in total. The predicted octanol–water partition coefficient (Wildman–Crippen LogP) is 5.77. The molecular formula is C22H19Cl2F6N3O2. The summed E-state index contributed by atoms with van der Waals surface area (Å²) < 4.78 is 78.8. The molecule has 1 unspecified atom stereocenters. The number of aryl methyl sites for hydroxylation is 1. The minimum absolute atomic E-state index is 0.00447. The van der Waals surface area contributed by atoms with Crippen LogP contribution in [-0.4, -0.2) is 43.6 Å². The van der Waals surface area contributed by atoms with Gasteiger partial charge in [-0.25, -0.2) is 0 Å². The third kappa shape index (κ3) is 6.39. The van der Waals surface area contributed by atoms with Gasteiger partial charge in [0.25, 0.3) is 11.5 Å². The van der Waals surface area contributed by atoms with Gasteiger partial charge in [0, 0.05) is 40.7 Å². The Morgan fingerprint density at radius 1 is 1.06 bits per heavy atom. The van der Waals surface area contributed by atoms with Gasteiger partial charge in [0.05, 0.1) is 12.3 Å². The molecule has 1 heterocycles. The fraction of sp³-hybridized carbons (Fsp3) is 0.364. The number of alkyl halides is 6. The lowest BCUT2D eigenvalue weighted by Gasteiger charge is -2.29. The van der Waals surface area contributed by atoms with Gasteiger partial charge in [0.1, 0.15) is 0 Å². The zero-order chi connectivity index (χ0) is 26.0. The van der Waals surface area contributed by atoms with E-state index in [-0.39, 0.29) is 40.0 Å². The number of nitrogens with zero attached hydrogens (tertiary/aromatic N) is 1. The van der Waals surface area contributed by atoms with Crippen molar-refractivity contribution in [2.45, 2.75) is 31.3 Å². The van der Waals surface area contributed by atoms with E-state index in [9.17, 15) is 31.1 Å². The van der Waals surface area contributed by atoms with Crippen LogP contribution in [0, 0.1) is 6.92 Å². The van der Waals surface area contributed by atoms with E-state index in [1.807, 2.05) is 0 Å². The molecule has 3 rings (SSSR count). The summed E-state index contributed by atoms with van der Waals surface area (Å²) in [4.78, 5) is 17.3. The van der Waals surface area contributed by atoms with E-state index in [2.05, 4.69) is 15.8 Å². The van der Waals surface area contributed by atoms with Crippen molar-refractivity contribution >= 4 is 34.8 Å². The standard InChI is InChI=1S/C22H19Cl2F6N3O2/c1-12-6-13(2-3-17(12)19(34)32-5-4-31-11-21(25,26)27)18-10-20(35-33-18,22(28,29)30)14-7-15(23)9-16(24)8-14/h2-3,6-9,31H,4-5,10-11H2,1H3,(H,32,34). The lowest BCUT2D eigenvalue weighted by molar-refractivity contribution is -0.275. The Labute approximate surface area is 206 Å². The third-order valence-electron chi connectivity index (χ3n) is 5.23. The molecule has 0 saturated heterocycles. The van der Waals surface area contributed by atoms with E-state index >= 15 is 0 Å². The number of halogens is 8. The molecule has 13 heteroatoms. The lowest BCUT2D eigenvalue weighted by Crippen LogP contribution is -2.42. The highest BCUT2D eigenvalue weighted by Gasteiger charge is 2.62. The maximum Gasteiger partial charge on any atom is 0.435 e. The van der Waals surface area contributed by atoms with Gasteiger partial charge in [-0.3, -0.25) is 4.79 Å². The molecule has 2 aromatic rings. The van der Waals surface area contributed by atoms with Crippen LogP contribution < -0.4 is 10.6 Å². The zero-order valence-electron chi connectivity index (χ0n) is 18.1. The van der Waals surface area contributed by atoms with Crippen LogP contribution >= 0.6 is 23.2 Å². The van der Waals surface area contributed by atoms with Crippen molar-refractivity contribution in [2.75, 3.05) is 19.6 Å². The monoisotopic (exact) mass is 541 g/mol. The highest BCUT2D eigenvalue weighted by atomic mass is 35.5. The van der Waals surface area contributed by atoms with Crippen LogP contribution in [0.1, 0.15) is 33.5 Å².